The van der Waals surface area contributed by atoms with Gasteiger partial charge in [0.2, 0.25) is 5.91 Å². The Labute approximate surface area is 356 Å². The number of carbonyl (C=O) groups is 2. The van der Waals surface area contributed by atoms with E-state index < -0.39 is 59.3 Å². The van der Waals surface area contributed by atoms with Crippen molar-refractivity contribution in [2.45, 2.75) is 187 Å². The topological polar surface area (TPSA) is 132 Å². The van der Waals surface area contributed by atoms with Gasteiger partial charge in [0.15, 0.2) is 0 Å². The monoisotopic (exact) mass is 851 g/mol. The Kier molecular flexibility index (Phi) is 18.5. The summed E-state index contributed by atoms with van der Waals surface area (Å²) < 4.78 is 59.5. The van der Waals surface area contributed by atoms with Gasteiger partial charge in [0.05, 0.1) is 24.3 Å². The van der Waals surface area contributed by atoms with Crippen LogP contribution in [0.15, 0.2) is 36.4 Å². The number of alkyl carbamates (subject to hydrolysis) is 1. The third kappa shape index (κ3) is 20.5. The number of aliphatic hydroxyl groups excluding tert-OH is 2. The number of hydrogen-bond donors (Lipinski definition) is 6. The van der Waals surface area contributed by atoms with E-state index >= 15 is 0 Å². The highest BCUT2D eigenvalue weighted by Gasteiger charge is 2.43. The molecule has 0 aromatic heterocycles. The molecule has 0 saturated heterocycles. The van der Waals surface area contributed by atoms with Crippen molar-refractivity contribution in [3.8, 4) is 0 Å². The lowest BCUT2D eigenvalue weighted by Crippen LogP contribution is -2.51. The minimum Gasteiger partial charge on any atom is -0.444 e. The number of carbonyl (C=O) groups excluding carboxylic acids is 2. The van der Waals surface area contributed by atoms with Gasteiger partial charge in [-0.3, -0.25) is 4.79 Å². The number of amides is 2. The number of aliphatic hydroxyl groups is 2. The first-order chi connectivity index (χ1) is 27.6. The number of benzene rings is 2. The van der Waals surface area contributed by atoms with Crippen molar-refractivity contribution in [1.29, 1.82) is 0 Å². The number of halogens is 4. The average Bonchev–Trinajstić information content (AvgIpc) is 4.01. The van der Waals surface area contributed by atoms with Crippen LogP contribution in [0.5, 0.6) is 0 Å². The summed E-state index contributed by atoms with van der Waals surface area (Å²) in [7, 11) is 0. The Morgan fingerprint density at radius 2 is 0.983 bits per heavy atom. The molecule has 2 aromatic carbocycles. The molecular formula is C47H74F4N4O5. The van der Waals surface area contributed by atoms with Crippen molar-refractivity contribution in [2.24, 2.45) is 10.8 Å². The van der Waals surface area contributed by atoms with Gasteiger partial charge in [0.1, 0.15) is 28.9 Å². The summed E-state index contributed by atoms with van der Waals surface area (Å²) in [6, 6.07) is 5.11. The predicted octanol–water partition coefficient (Wildman–Crippen LogP) is 8.81. The summed E-state index contributed by atoms with van der Waals surface area (Å²) in [5.74, 6) is -3.01. The molecule has 2 aliphatic rings. The van der Waals surface area contributed by atoms with Crippen molar-refractivity contribution in [1.82, 2.24) is 21.3 Å². The highest BCUT2D eigenvalue weighted by Crippen LogP contribution is 2.42. The van der Waals surface area contributed by atoms with Crippen molar-refractivity contribution >= 4 is 12.0 Å². The lowest BCUT2D eigenvalue weighted by molar-refractivity contribution is -0.120. The van der Waals surface area contributed by atoms with Gasteiger partial charge >= 0.3 is 6.09 Å². The van der Waals surface area contributed by atoms with Gasteiger partial charge in [-0.25, -0.2) is 22.4 Å². The lowest BCUT2D eigenvalue weighted by atomic mass is 9.88. The molecule has 0 bridgehead atoms. The number of hydrogen-bond acceptors (Lipinski definition) is 7. The number of rotatable bonds is 20. The van der Waals surface area contributed by atoms with Crippen molar-refractivity contribution < 1.29 is 42.1 Å². The van der Waals surface area contributed by atoms with Crippen molar-refractivity contribution in [3.63, 3.8) is 0 Å². The molecule has 6 N–H and O–H groups in total. The molecule has 4 atom stereocenters. The molecule has 0 spiro atoms. The van der Waals surface area contributed by atoms with Crippen LogP contribution in [0.25, 0.3) is 0 Å². The molecule has 2 fully saturated rings. The first-order valence-corrected chi connectivity index (χ1v) is 21.7. The predicted molar refractivity (Wildman–Crippen MR) is 229 cm³/mol. The van der Waals surface area contributed by atoms with Crippen molar-refractivity contribution in [3.05, 3.63) is 70.8 Å². The normalized spacial score (nSPS) is 17.7. The summed E-state index contributed by atoms with van der Waals surface area (Å²) in [4.78, 5) is 23.9. The second-order valence-corrected chi connectivity index (χ2v) is 20.8. The Morgan fingerprint density at radius 1 is 0.633 bits per heavy atom. The van der Waals surface area contributed by atoms with E-state index in [0.29, 0.717) is 23.1 Å². The van der Waals surface area contributed by atoms with Gasteiger partial charge in [0.25, 0.3) is 0 Å². The van der Waals surface area contributed by atoms with E-state index in [1.54, 1.807) is 20.8 Å². The Hall–Kier alpha value is -3.26. The van der Waals surface area contributed by atoms with Gasteiger partial charge < -0.3 is 36.2 Å². The molecule has 2 amide bonds. The van der Waals surface area contributed by atoms with Crippen LogP contribution >= 0.6 is 0 Å². The van der Waals surface area contributed by atoms with Gasteiger partial charge in [0, 0.05) is 43.2 Å². The second-order valence-electron chi connectivity index (χ2n) is 20.8. The summed E-state index contributed by atoms with van der Waals surface area (Å²) in [6.45, 7) is 20.6. The van der Waals surface area contributed by atoms with Gasteiger partial charge in [-0.2, -0.15) is 0 Å². The quantitative estimate of drug-likeness (QED) is 0.0735. The van der Waals surface area contributed by atoms with Crippen LogP contribution in [-0.2, 0) is 22.4 Å². The van der Waals surface area contributed by atoms with Crippen LogP contribution in [0.3, 0.4) is 0 Å². The highest BCUT2D eigenvalue weighted by atomic mass is 19.1. The molecule has 2 saturated carbocycles. The smallest absolute Gasteiger partial charge is 0.407 e. The summed E-state index contributed by atoms with van der Waals surface area (Å²) in [5.41, 5.74) is 0.778. The molecule has 4 unspecified atom stereocenters. The Balaban J connectivity index is 0.000000323. The zero-order valence-corrected chi connectivity index (χ0v) is 37.8. The summed E-state index contributed by atoms with van der Waals surface area (Å²) in [6.07, 6.45) is 8.67. The number of β-amino-alcohol motifs (C(OH)–C–C–N with tert-alkyl or cyclic N) is 2. The summed E-state index contributed by atoms with van der Waals surface area (Å²) >= 11 is 0. The number of nitrogens with one attached hydrogen (secondary N) is 4. The fourth-order valence-corrected chi connectivity index (χ4v) is 7.42. The van der Waals surface area contributed by atoms with Gasteiger partial charge in [-0.15, -0.1) is 0 Å². The van der Waals surface area contributed by atoms with Crippen LogP contribution < -0.4 is 21.3 Å². The maximum atomic E-state index is 13.7. The zero-order chi connectivity index (χ0) is 45.1. The minimum atomic E-state index is -0.950. The Bertz CT molecular complexity index is 1640. The molecule has 9 nitrogen and oxygen atoms in total. The molecule has 2 aliphatic carbocycles. The van der Waals surface area contributed by atoms with E-state index in [2.05, 4.69) is 62.8 Å². The van der Waals surface area contributed by atoms with E-state index in [4.69, 9.17) is 4.74 Å². The minimum absolute atomic E-state index is 0.0354. The fourth-order valence-electron chi connectivity index (χ4n) is 7.42. The Morgan fingerprint density at radius 3 is 1.28 bits per heavy atom. The van der Waals surface area contributed by atoms with Gasteiger partial charge in [-0.1, -0.05) is 54.4 Å². The number of ether oxygens (including phenoxy) is 1. The molecule has 4 rings (SSSR count). The van der Waals surface area contributed by atoms with Crippen LogP contribution in [0.2, 0.25) is 0 Å². The molecule has 0 aliphatic heterocycles. The van der Waals surface area contributed by atoms with E-state index in [-0.39, 0.29) is 41.8 Å². The van der Waals surface area contributed by atoms with Crippen LogP contribution in [0.1, 0.15) is 145 Å². The SMILES string of the molecule is CC(=O)NC(Cc1cc(F)cc(F)c1)C(O)CNC1(CCCC(C)(C)C)CC1.CC(C)(C)CCCC1(NCC(O)C(Cc2cc(F)cc(F)c2)NC(=O)OC(C)(C)C)CC1. The molecular weight excluding hydrogens is 777 g/mol. The maximum Gasteiger partial charge on any atom is 0.407 e. The summed E-state index contributed by atoms with van der Waals surface area (Å²) in [5, 5.41) is 33.9. The van der Waals surface area contributed by atoms with Crippen LogP contribution in [0.4, 0.5) is 22.4 Å². The van der Waals surface area contributed by atoms with E-state index in [1.807, 2.05) is 0 Å². The van der Waals surface area contributed by atoms with E-state index in [0.717, 1.165) is 76.3 Å². The molecule has 0 radical (unpaired) electrons. The second kappa shape index (κ2) is 21.7. The standard InChI is InChI=1S/C25H40F2N2O3.C22H34F2N2O2/c1-23(2,3)8-7-9-25(10-11-25)28-16-21(30)20(29-22(31)32-24(4,5)6)14-17-12-18(26)15-19(27)13-17;1-15(27)26-19(12-16-10-17(23)13-18(24)11-16)20(28)14-25-22(8-9-22)7-5-6-21(2,3)4/h12-13,15,20-21,28,30H,7-11,14,16H2,1-6H3,(H,29,31);10-11,13,19-20,25,28H,5-9,12,14H2,1-4H3,(H,26,27). The molecule has 60 heavy (non-hydrogen) atoms. The maximum absolute atomic E-state index is 13.7. The fraction of sp³-hybridized carbons (Fsp3) is 0.702. The molecule has 13 heteroatoms. The first-order valence-electron chi connectivity index (χ1n) is 21.7. The molecule has 340 valence electrons. The van der Waals surface area contributed by atoms with Crippen molar-refractivity contribution in [2.75, 3.05) is 13.1 Å². The zero-order valence-electron chi connectivity index (χ0n) is 37.8. The highest BCUT2D eigenvalue weighted by molar-refractivity contribution is 5.73. The molecule has 0 heterocycles. The molecule has 2 aromatic rings. The van der Waals surface area contributed by atoms with E-state index in [9.17, 15) is 37.4 Å². The first kappa shape index (κ1) is 51.1. The van der Waals surface area contributed by atoms with Gasteiger partial charge in [-0.05, 0) is 131 Å². The third-order valence-corrected chi connectivity index (χ3v) is 11.0. The lowest BCUT2D eigenvalue weighted by Gasteiger charge is -2.29. The third-order valence-electron chi connectivity index (χ3n) is 11.0. The average molecular weight is 851 g/mol. The van der Waals surface area contributed by atoms with Crippen LogP contribution in [-0.4, -0.2) is 76.3 Å². The van der Waals surface area contributed by atoms with E-state index in [1.165, 1.54) is 31.2 Å². The van der Waals surface area contributed by atoms with Crippen LogP contribution in [0, 0.1) is 34.1 Å². The largest absolute Gasteiger partial charge is 0.444 e.